The maximum absolute atomic E-state index is 13.1. The summed E-state index contributed by atoms with van der Waals surface area (Å²) in [6, 6.07) is 7.02. The lowest BCUT2D eigenvalue weighted by molar-refractivity contribution is -0.138. The van der Waals surface area contributed by atoms with Gasteiger partial charge in [0.2, 0.25) is 11.9 Å². The van der Waals surface area contributed by atoms with Crippen LogP contribution in [0, 0.1) is 0 Å². The van der Waals surface area contributed by atoms with Gasteiger partial charge in [0.05, 0.1) is 0 Å². The van der Waals surface area contributed by atoms with Gasteiger partial charge < -0.3 is 15.1 Å². The number of amides is 2. The lowest BCUT2D eigenvalue weighted by Gasteiger charge is -2.39. The van der Waals surface area contributed by atoms with E-state index in [1.165, 1.54) is 0 Å². The molecule has 1 aromatic heterocycles. The van der Waals surface area contributed by atoms with Crippen molar-refractivity contribution in [2.75, 3.05) is 32.5 Å². The van der Waals surface area contributed by atoms with Gasteiger partial charge in [-0.25, -0.2) is 9.97 Å². The molecule has 7 nitrogen and oxygen atoms in total. The van der Waals surface area contributed by atoms with Gasteiger partial charge in [-0.1, -0.05) is 25.5 Å². The molecule has 2 heterocycles. The first kappa shape index (κ1) is 18.8. The van der Waals surface area contributed by atoms with E-state index < -0.39 is 0 Å². The van der Waals surface area contributed by atoms with Crippen LogP contribution < -0.4 is 5.32 Å². The molecule has 3 rings (SSSR count). The van der Waals surface area contributed by atoms with Crippen LogP contribution in [-0.2, 0) is 4.79 Å². The molecule has 1 atom stereocenters. The highest BCUT2D eigenvalue weighted by atomic mass is 16.2. The van der Waals surface area contributed by atoms with Crippen molar-refractivity contribution in [3.8, 4) is 11.1 Å². The molecular formula is C20H25N5O2. The molecule has 1 fully saturated rings. The highest BCUT2D eigenvalue weighted by Crippen LogP contribution is 2.23. The molecule has 0 spiro atoms. The molecule has 0 bridgehead atoms. The Morgan fingerprint density at radius 1 is 1.22 bits per heavy atom. The molecule has 1 saturated heterocycles. The molecule has 2 amide bonds. The van der Waals surface area contributed by atoms with Crippen molar-refractivity contribution in [1.82, 2.24) is 19.8 Å². The number of likely N-dealkylation sites (N-methyl/N-ethyl adjacent to an activating group) is 1. The summed E-state index contributed by atoms with van der Waals surface area (Å²) >= 11 is 0. The average Bonchev–Trinajstić information content (AvgIpc) is 2.71. The SMILES string of the molecule is CCCC1C(=O)N(C)CCN1C(=O)c1cccc(-c2cnc(NC)nc2)c1. The van der Waals surface area contributed by atoms with Gasteiger partial charge in [-0.2, -0.15) is 0 Å². The summed E-state index contributed by atoms with van der Waals surface area (Å²) in [5, 5.41) is 2.88. The summed E-state index contributed by atoms with van der Waals surface area (Å²) in [7, 11) is 3.56. The van der Waals surface area contributed by atoms with Crippen molar-refractivity contribution >= 4 is 17.8 Å². The van der Waals surface area contributed by atoms with Crippen molar-refractivity contribution in [1.29, 1.82) is 0 Å². The fourth-order valence-corrected chi connectivity index (χ4v) is 3.31. The number of hydrogen-bond acceptors (Lipinski definition) is 5. The third kappa shape index (κ3) is 3.92. The minimum atomic E-state index is -0.386. The van der Waals surface area contributed by atoms with Gasteiger partial charge in [0.1, 0.15) is 6.04 Å². The summed E-state index contributed by atoms with van der Waals surface area (Å²) in [5.41, 5.74) is 2.28. The highest BCUT2D eigenvalue weighted by Gasteiger charge is 2.35. The Bertz CT molecular complexity index is 821. The van der Waals surface area contributed by atoms with Gasteiger partial charge in [-0.3, -0.25) is 9.59 Å². The fraction of sp³-hybridized carbons (Fsp3) is 0.400. The Kier molecular flexibility index (Phi) is 5.69. The van der Waals surface area contributed by atoms with Crippen molar-refractivity contribution in [3.63, 3.8) is 0 Å². The predicted octanol–water partition coefficient (Wildman–Crippen LogP) is 2.27. The molecule has 142 valence electrons. The number of nitrogens with zero attached hydrogens (tertiary/aromatic N) is 4. The summed E-state index contributed by atoms with van der Waals surface area (Å²) in [5.74, 6) is 0.456. The van der Waals surface area contributed by atoms with E-state index in [0.29, 0.717) is 31.0 Å². The largest absolute Gasteiger partial charge is 0.357 e. The third-order valence-corrected chi connectivity index (χ3v) is 4.86. The molecule has 0 radical (unpaired) electrons. The summed E-state index contributed by atoms with van der Waals surface area (Å²) in [6.45, 7) is 3.14. The van der Waals surface area contributed by atoms with Crippen LogP contribution in [0.1, 0.15) is 30.1 Å². The Labute approximate surface area is 159 Å². The number of benzene rings is 1. The quantitative estimate of drug-likeness (QED) is 0.877. The number of rotatable bonds is 5. The zero-order valence-corrected chi connectivity index (χ0v) is 16.0. The molecule has 1 aliphatic heterocycles. The zero-order valence-electron chi connectivity index (χ0n) is 16.0. The Morgan fingerprint density at radius 3 is 2.63 bits per heavy atom. The van der Waals surface area contributed by atoms with Gasteiger partial charge >= 0.3 is 0 Å². The van der Waals surface area contributed by atoms with E-state index in [2.05, 4.69) is 15.3 Å². The second kappa shape index (κ2) is 8.16. The second-order valence-electron chi connectivity index (χ2n) is 6.69. The molecule has 2 aromatic rings. The molecule has 0 saturated carbocycles. The lowest BCUT2D eigenvalue weighted by atomic mass is 10.0. The van der Waals surface area contributed by atoms with Crippen LogP contribution >= 0.6 is 0 Å². The van der Waals surface area contributed by atoms with E-state index in [9.17, 15) is 9.59 Å². The van der Waals surface area contributed by atoms with Crippen molar-refractivity contribution in [2.45, 2.75) is 25.8 Å². The standard InChI is InChI=1S/C20H25N5O2/c1-4-6-17-19(27)24(3)9-10-25(17)18(26)15-8-5-7-14(11-15)16-12-22-20(21-2)23-13-16/h5,7-8,11-13,17H,4,6,9-10H2,1-3H3,(H,21,22,23). The Balaban J connectivity index is 1.86. The maximum Gasteiger partial charge on any atom is 0.254 e. The normalized spacial score (nSPS) is 17.1. The number of hydrogen-bond donors (Lipinski definition) is 1. The van der Waals surface area contributed by atoms with Gasteiger partial charge in [-0.15, -0.1) is 0 Å². The monoisotopic (exact) mass is 367 g/mol. The minimum Gasteiger partial charge on any atom is -0.357 e. The van der Waals surface area contributed by atoms with Crippen LogP contribution in [-0.4, -0.2) is 64.8 Å². The molecule has 1 unspecified atom stereocenters. The van der Waals surface area contributed by atoms with Gasteiger partial charge in [0.15, 0.2) is 0 Å². The zero-order chi connectivity index (χ0) is 19.4. The van der Waals surface area contributed by atoms with Crippen LogP contribution in [0.2, 0.25) is 0 Å². The Morgan fingerprint density at radius 2 is 1.96 bits per heavy atom. The van der Waals surface area contributed by atoms with E-state index in [0.717, 1.165) is 17.5 Å². The average molecular weight is 367 g/mol. The number of carbonyl (C=O) groups is 2. The van der Waals surface area contributed by atoms with Crippen LogP contribution in [0.15, 0.2) is 36.7 Å². The highest BCUT2D eigenvalue weighted by molar-refractivity contribution is 5.99. The number of piperazine rings is 1. The fourth-order valence-electron chi connectivity index (χ4n) is 3.31. The first-order chi connectivity index (χ1) is 13.0. The van der Waals surface area contributed by atoms with Crippen LogP contribution in [0.25, 0.3) is 11.1 Å². The second-order valence-corrected chi connectivity index (χ2v) is 6.69. The molecule has 7 heteroatoms. The number of nitrogens with one attached hydrogen (secondary N) is 1. The molecule has 27 heavy (non-hydrogen) atoms. The summed E-state index contributed by atoms with van der Waals surface area (Å²) < 4.78 is 0. The first-order valence-corrected chi connectivity index (χ1v) is 9.21. The van der Waals surface area contributed by atoms with Crippen LogP contribution in [0.5, 0.6) is 0 Å². The van der Waals surface area contributed by atoms with E-state index in [-0.39, 0.29) is 17.9 Å². The Hall–Kier alpha value is -2.96. The van der Waals surface area contributed by atoms with Crippen molar-refractivity contribution < 1.29 is 9.59 Å². The van der Waals surface area contributed by atoms with Gasteiger partial charge in [0, 0.05) is 50.7 Å². The lowest BCUT2D eigenvalue weighted by Crippen LogP contribution is -2.57. The number of aromatic nitrogens is 2. The molecule has 0 aliphatic carbocycles. The molecule has 1 N–H and O–H groups in total. The smallest absolute Gasteiger partial charge is 0.254 e. The number of carbonyl (C=O) groups excluding carboxylic acids is 2. The maximum atomic E-state index is 13.1. The molecule has 1 aliphatic rings. The summed E-state index contributed by atoms with van der Waals surface area (Å²) in [4.78, 5) is 37.5. The van der Waals surface area contributed by atoms with Gasteiger partial charge in [0.25, 0.3) is 5.91 Å². The van der Waals surface area contributed by atoms with E-state index >= 15 is 0 Å². The summed E-state index contributed by atoms with van der Waals surface area (Å²) in [6.07, 6.45) is 4.97. The van der Waals surface area contributed by atoms with Crippen molar-refractivity contribution in [3.05, 3.63) is 42.2 Å². The first-order valence-electron chi connectivity index (χ1n) is 9.21. The van der Waals surface area contributed by atoms with E-state index in [1.54, 1.807) is 42.4 Å². The third-order valence-electron chi connectivity index (χ3n) is 4.86. The van der Waals surface area contributed by atoms with Gasteiger partial charge in [-0.05, 0) is 24.1 Å². The van der Waals surface area contributed by atoms with Crippen molar-refractivity contribution in [2.24, 2.45) is 0 Å². The van der Waals surface area contributed by atoms with Crippen LogP contribution in [0.4, 0.5) is 5.95 Å². The van der Waals surface area contributed by atoms with E-state index in [1.807, 2.05) is 25.1 Å². The predicted molar refractivity (Wildman–Crippen MR) is 104 cm³/mol. The van der Waals surface area contributed by atoms with Crippen LogP contribution in [0.3, 0.4) is 0 Å². The molecule has 1 aromatic carbocycles. The minimum absolute atomic E-state index is 0.0173. The number of anilines is 1. The topological polar surface area (TPSA) is 78.4 Å². The molecular weight excluding hydrogens is 342 g/mol. The van der Waals surface area contributed by atoms with E-state index in [4.69, 9.17) is 0 Å².